The summed E-state index contributed by atoms with van der Waals surface area (Å²) in [7, 11) is 1.86. The summed E-state index contributed by atoms with van der Waals surface area (Å²) >= 11 is 0. The molecule has 0 amide bonds. The average Bonchev–Trinajstić information content (AvgIpc) is 2.53. The van der Waals surface area contributed by atoms with Gasteiger partial charge in [0.15, 0.2) is 0 Å². The number of aliphatic hydroxyl groups is 1. The maximum Gasteiger partial charge on any atom is 0.416 e. The Kier molecular flexibility index (Phi) is 6.16. The van der Waals surface area contributed by atoms with Crippen molar-refractivity contribution in [1.29, 1.82) is 0 Å². The fourth-order valence-electron chi connectivity index (χ4n) is 2.21. The van der Waals surface area contributed by atoms with Crippen LogP contribution in [-0.2, 0) is 12.7 Å². The Morgan fingerprint density at radius 3 is 2.33 bits per heavy atom. The first-order valence-corrected chi connectivity index (χ1v) is 7.40. The Hall–Kier alpha value is -2.12. The van der Waals surface area contributed by atoms with E-state index in [1.807, 2.05) is 24.1 Å². The second-order valence-electron chi connectivity index (χ2n) is 5.54. The van der Waals surface area contributed by atoms with E-state index in [-0.39, 0.29) is 6.61 Å². The summed E-state index contributed by atoms with van der Waals surface area (Å²) in [4.78, 5) is 5.87. The highest BCUT2D eigenvalue weighted by Crippen LogP contribution is 2.30. The minimum Gasteiger partial charge on any atom is -0.491 e. The lowest BCUT2D eigenvalue weighted by atomic mass is 10.2. The van der Waals surface area contributed by atoms with Crippen LogP contribution in [0.2, 0.25) is 0 Å². The van der Waals surface area contributed by atoms with Gasteiger partial charge >= 0.3 is 6.18 Å². The lowest BCUT2D eigenvalue weighted by Gasteiger charge is -2.21. The van der Waals surface area contributed by atoms with Gasteiger partial charge in [0, 0.05) is 25.5 Å². The monoisotopic (exact) mass is 340 g/mol. The quantitative estimate of drug-likeness (QED) is 0.842. The second kappa shape index (κ2) is 8.12. The SMILES string of the molecule is CN(Cc1ccncc1)CC(O)COc1ccc(C(F)(F)F)cc1. The average molecular weight is 340 g/mol. The standard InChI is InChI=1S/C17H19F3N2O2/c1-22(10-13-6-8-21-9-7-13)11-15(23)12-24-16-4-2-14(3-5-16)17(18,19)20/h2-9,15,23H,10-12H2,1H3. The number of benzene rings is 1. The Morgan fingerprint density at radius 1 is 1.12 bits per heavy atom. The molecule has 0 radical (unpaired) electrons. The maximum atomic E-state index is 12.5. The van der Waals surface area contributed by atoms with Crippen molar-refractivity contribution in [2.45, 2.75) is 18.8 Å². The van der Waals surface area contributed by atoms with E-state index in [1.54, 1.807) is 12.4 Å². The minimum atomic E-state index is -4.37. The van der Waals surface area contributed by atoms with Gasteiger partial charge in [0.2, 0.25) is 0 Å². The van der Waals surface area contributed by atoms with Crippen LogP contribution in [0.4, 0.5) is 13.2 Å². The molecule has 2 aromatic rings. The van der Waals surface area contributed by atoms with E-state index in [2.05, 4.69) is 4.98 Å². The van der Waals surface area contributed by atoms with E-state index in [0.29, 0.717) is 18.8 Å². The summed E-state index contributed by atoms with van der Waals surface area (Å²) in [5.41, 5.74) is 0.343. The molecule has 0 aliphatic heterocycles. The fourth-order valence-corrected chi connectivity index (χ4v) is 2.21. The van der Waals surface area contributed by atoms with E-state index >= 15 is 0 Å². The van der Waals surface area contributed by atoms with E-state index < -0.39 is 17.8 Å². The van der Waals surface area contributed by atoms with Gasteiger partial charge in [-0.25, -0.2) is 0 Å². The van der Waals surface area contributed by atoms with Gasteiger partial charge < -0.3 is 9.84 Å². The summed E-state index contributed by atoms with van der Waals surface area (Å²) < 4.78 is 42.7. The molecule has 1 N–H and O–H groups in total. The van der Waals surface area contributed by atoms with Gasteiger partial charge in [0.1, 0.15) is 18.5 Å². The highest BCUT2D eigenvalue weighted by atomic mass is 19.4. The maximum absolute atomic E-state index is 12.5. The number of ether oxygens (including phenoxy) is 1. The Morgan fingerprint density at radius 2 is 1.75 bits per heavy atom. The molecule has 130 valence electrons. The number of halogens is 3. The van der Waals surface area contributed by atoms with Gasteiger partial charge in [-0.15, -0.1) is 0 Å². The zero-order valence-electron chi connectivity index (χ0n) is 13.2. The van der Waals surface area contributed by atoms with Crippen molar-refractivity contribution in [1.82, 2.24) is 9.88 Å². The number of alkyl halides is 3. The van der Waals surface area contributed by atoms with Crippen LogP contribution in [0.3, 0.4) is 0 Å². The van der Waals surface area contributed by atoms with E-state index in [0.717, 1.165) is 17.7 Å². The molecule has 1 aromatic carbocycles. The first-order chi connectivity index (χ1) is 11.3. The number of hydrogen-bond donors (Lipinski definition) is 1. The predicted octanol–water partition coefficient (Wildman–Crippen LogP) is 2.97. The number of nitrogens with zero attached hydrogens (tertiary/aromatic N) is 2. The normalized spacial score (nSPS) is 13.1. The van der Waals surface area contributed by atoms with Crippen LogP contribution < -0.4 is 4.74 Å². The van der Waals surface area contributed by atoms with Crippen molar-refractivity contribution in [2.75, 3.05) is 20.2 Å². The Labute approximate surface area is 138 Å². The number of likely N-dealkylation sites (N-methyl/N-ethyl adjacent to an activating group) is 1. The topological polar surface area (TPSA) is 45.6 Å². The van der Waals surface area contributed by atoms with Crippen molar-refractivity contribution >= 4 is 0 Å². The molecule has 1 atom stereocenters. The van der Waals surface area contributed by atoms with Gasteiger partial charge in [0.05, 0.1) is 5.56 Å². The molecule has 0 saturated carbocycles. The minimum absolute atomic E-state index is 0.00600. The molecule has 0 aliphatic carbocycles. The van der Waals surface area contributed by atoms with Crippen LogP contribution in [-0.4, -0.2) is 41.3 Å². The Bertz CT molecular complexity index is 618. The molecule has 4 nitrogen and oxygen atoms in total. The summed E-state index contributed by atoms with van der Waals surface area (Å²) in [6.07, 6.45) is -1.71. The van der Waals surface area contributed by atoms with Crippen LogP contribution >= 0.6 is 0 Å². The van der Waals surface area contributed by atoms with Gasteiger partial charge in [0.25, 0.3) is 0 Å². The predicted molar refractivity (Wildman–Crippen MR) is 83.5 cm³/mol. The number of hydrogen-bond acceptors (Lipinski definition) is 4. The molecule has 0 saturated heterocycles. The lowest BCUT2D eigenvalue weighted by Crippen LogP contribution is -2.32. The molecule has 7 heteroatoms. The smallest absolute Gasteiger partial charge is 0.416 e. The molecule has 24 heavy (non-hydrogen) atoms. The molecular formula is C17H19F3N2O2. The second-order valence-corrected chi connectivity index (χ2v) is 5.54. The van der Waals surface area contributed by atoms with Crippen LogP contribution in [0.5, 0.6) is 5.75 Å². The third-order valence-corrected chi connectivity index (χ3v) is 3.35. The van der Waals surface area contributed by atoms with Crippen molar-refractivity contribution in [2.24, 2.45) is 0 Å². The molecule has 0 bridgehead atoms. The van der Waals surface area contributed by atoms with Crippen molar-refractivity contribution < 1.29 is 23.0 Å². The van der Waals surface area contributed by atoms with E-state index in [9.17, 15) is 18.3 Å². The molecule has 0 fully saturated rings. The number of aliphatic hydroxyl groups excluding tert-OH is 1. The van der Waals surface area contributed by atoms with Crippen molar-refractivity contribution in [3.8, 4) is 5.75 Å². The summed E-state index contributed by atoms with van der Waals surface area (Å²) in [5.74, 6) is 0.291. The van der Waals surface area contributed by atoms with Crippen LogP contribution in [0.25, 0.3) is 0 Å². The molecule has 0 spiro atoms. The third kappa shape index (κ3) is 5.82. The third-order valence-electron chi connectivity index (χ3n) is 3.35. The number of rotatable bonds is 7. The highest BCUT2D eigenvalue weighted by Gasteiger charge is 2.30. The number of aromatic nitrogens is 1. The largest absolute Gasteiger partial charge is 0.491 e. The van der Waals surface area contributed by atoms with E-state index in [1.165, 1.54) is 12.1 Å². The summed E-state index contributed by atoms with van der Waals surface area (Å²) in [5, 5.41) is 9.98. The first kappa shape index (κ1) is 18.2. The first-order valence-electron chi connectivity index (χ1n) is 7.40. The van der Waals surface area contributed by atoms with Gasteiger partial charge in [-0.2, -0.15) is 13.2 Å². The van der Waals surface area contributed by atoms with Crippen LogP contribution in [0.1, 0.15) is 11.1 Å². The molecular weight excluding hydrogens is 321 g/mol. The van der Waals surface area contributed by atoms with Crippen molar-refractivity contribution in [3.05, 3.63) is 59.9 Å². The summed E-state index contributed by atoms with van der Waals surface area (Å²) in [6, 6.07) is 8.18. The van der Waals surface area contributed by atoms with Gasteiger partial charge in [-0.3, -0.25) is 9.88 Å². The highest BCUT2D eigenvalue weighted by molar-refractivity contribution is 5.28. The van der Waals surface area contributed by atoms with Crippen LogP contribution in [0.15, 0.2) is 48.8 Å². The Balaban J connectivity index is 1.77. The van der Waals surface area contributed by atoms with Crippen molar-refractivity contribution in [3.63, 3.8) is 0 Å². The fraction of sp³-hybridized carbons (Fsp3) is 0.353. The summed E-state index contributed by atoms with van der Waals surface area (Å²) in [6.45, 7) is 1.04. The molecule has 0 aliphatic rings. The van der Waals surface area contributed by atoms with Gasteiger partial charge in [-0.1, -0.05) is 0 Å². The lowest BCUT2D eigenvalue weighted by molar-refractivity contribution is -0.137. The zero-order valence-corrected chi connectivity index (χ0v) is 13.2. The number of pyridine rings is 1. The van der Waals surface area contributed by atoms with Crippen LogP contribution in [0, 0.1) is 0 Å². The molecule has 1 unspecified atom stereocenters. The molecule has 1 aromatic heterocycles. The van der Waals surface area contributed by atoms with E-state index in [4.69, 9.17) is 4.74 Å². The molecule has 2 rings (SSSR count). The van der Waals surface area contributed by atoms with Gasteiger partial charge in [-0.05, 0) is 49.0 Å². The zero-order chi connectivity index (χ0) is 17.6. The molecule has 1 heterocycles.